The van der Waals surface area contributed by atoms with Gasteiger partial charge in [-0.25, -0.2) is 14.2 Å². The number of nitrogens with one attached hydrogen (secondary N) is 2. The first-order valence-corrected chi connectivity index (χ1v) is 9.07. The Hall–Kier alpha value is -3.54. The Balaban J connectivity index is 1.76. The van der Waals surface area contributed by atoms with Crippen molar-refractivity contribution in [1.29, 1.82) is 0 Å². The van der Waals surface area contributed by atoms with Crippen molar-refractivity contribution in [2.24, 2.45) is 0 Å². The number of rotatable bonds is 6. The fraction of sp³-hybridized carbons (Fsp3) is 0.111. The molecule has 0 bridgehead atoms. The van der Waals surface area contributed by atoms with Gasteiger partial charge in [0.2, 0.25) is 0 Å². The number of thiazole rings is 1. The SMILES string of the molecule is O=C(Nc1nccs1)C(Nc1ccc(-c2ccc(F)cc2)nc1)OC(=O)C(F)(F)F. The summed E-state index contributed by atoms with van der Waals surface area (Å²) in [6.07, 6.45) is -4.68. The van der Waals surface area contributed by atoms with Crippen molar-refractivity contribution < 1.29 is 31.9 Å². The zero-order chi connectivity index (χ0) is 21.7. The molecule has 12 heteroatoms. The number of hydrogen-bond acceptors (Lipinski definition) is 7. The zero-order valence-electron chi connectivity index (χ0n) is 14.8. The second-order valence-corrected chi connectivity index (χ2v) is 6.59. The highest BCUT2D eigenvalue weighted by Crippen LogP contribution is 2.22. The van der Waals surface area contributed by atoms with E-state index in [-0.39, 0.29) is 10.8 Å². The molecule has 1 atom stereocenters. The lowest BCUT2D eigenvalue weighted by molar-refractivity contribution is -0.203. The van der Waals surface area contributed by atoms with Crippen LogP contribution in [0.1, 0.15) is 0 Å². The van der Waals surface area contributed by atoms with E-state index >= 15 is 0 Å². The average Bonchev–Trinajstić information content (AvgIpc) is 3.21. The lowest BCUT2D eigenvalue weighted by Gasteiger charge is -2.19. The minimum atomic E-state index is -5.29. The molecule has 2 aromatic heterocycles. The Morgan fingerprint density at radius 3 is 2.37 bits per heavy atom. The second kappa shape index (κ2) is 8.86. The molecular formula is C18H12F4N4O3S. The van der Waals surface area contributed by atoms with Gasteiger partial charge >= 0.3 is 12.1 Å². The molecule has 30 heavy (non-hydrogen) atoms. The van der Waals surface area contributed by atoms with Crippen LogP contribution in [0.4, 0.5) is 28.4 Å². The van der Waals surface area contributed by atoms with Crippen molar-refractivity contribution in [2.45, 2.75) is 12.4 Å². The van der Waals surface area contributed by atoms with Crippen molar-refractivity contribution >= 4 is 34.0 Å². The van der Waals surface area contributed by atoms with E-state index in [1.165, 1.54) is 54.2 Å². The molecule has 2 heterocycles. The van der Waals surface area contributed by atoms with Crippen molar-refractivity contribution in [3.8, 4) is 11.3 Å². The molecule has 0 radical (unpaired) electrons. The summed E-state index contributed by atoms with van der Waals surface area (Å²) in [5.41, 5.74) is 1.16. The first kappa shape index (κ1) is 21.2. The summed E-state index contributed by atoms with van der Waals surface area (Å²) in [4.78, 5) is 31.4. The number of benzene rings is 1. The third-order valence-electron chi connectivity index (χ3n) is 3.56. The summed E-state index contributed by atoms with van der Waals surface area (Å²) in [7, 11) is 0. The molecule has 0 aliphatic carbocycles. The highest BCUT2D eigenvalue weighted by molar-refractivity contribution is 7.13. The van der Waals surface area contributed by atoms with E-state index in [4.69, 9.17) is 0 Å². The molecule has 0 aliphatic rings. The zero-order valence-corrected chi connectivity index (χ0v) is 15.6. The Bertz CT molecular complexity index is 1010. The predicted octanol–water partition coefficient (Wildman–Crippen LogP) is 3.83. The van der Waals surface area contributed by atoms with Gasteiger partial charge in [0.1, 0.15) is 5.82 Å². The second-order valence-electron chi connectivity index (χ2n) is 5.69. The molecular weight excluding hydrogens is 428 g/mol. The molecule has 156 valence electrons. The van der Waals surface area contributed by atoms with E-state index in [1.54, 1.807) is 0 Å². The van der Waals surface area contributed by atoms with Gasteiger partial charge in [-0.05, 0) is 36.4 Å². The predicted molar refractivity (Wildman–Crippen MR) is 99.9 cm³/mol. The number of carbonyl (C=O) groups excluding carboxylic acids is 2. The molecule has 0 fully saturated rings. The van der Waals surface area contributed by atoms with Crippen molar-refractivity contribution in [3.63, 3.8) is 0 Å². The molecule has 0 aliphatic heterocycles. The molecule has 2 N–H and O–H groups in total. The quantitative estimate of drug-likeness (QED) is 0.344. The maximum Gasteiger partial charge on any atom is 0.491 e. The van der Waals surface area contributed by atoms with Crippen LogP contribution in [0.15, 0.2) is 54.2 Å². The number of pyridine rings is 1. The third kappa shape index (κ3) is 5.50. The van der Waals surface area contributed by atoms with Crippen LogP contribution in [0, 0.1) is 5.82 Å². The monoisotopic (exact) mass is 440 g/mol. The normalized spacial score (nSPS) is 12.1. The largest absolute Gasteiger partial charge is 0.491 e. The van der Waals surface area contributed by atoms with Gasteiger partial charge in [0, 0.05) is 17.1 Å². The van der Waals surface area contributed by atoms with Gasteiger partial charge in [-0.2, -0.15) is 13.2 Å². The van der Waals surface area contributed by atoms with Gasteiger partial charge in [-0.15, -0.1) is 11.3 Å². The smallest absolute Gasteiger partial charge is 0.425 e. The highest BCUT2D eigenvalue weighted by atomic mass is 32.1. The lowest BCUT2D eigenvalue weighted by Crippen LogP contribution is -2.42. The van der Waals surface area contributed by atoms with E-state index < -0.39 is 30.1 Å². The van der Waals surface area contributed by atoms with Crippen LogP contribution in [-0.4, -0.2) is 34.2 Å². The van der Waals surface area contributed by atoms with Crippen LogP contribution < -0.4 is 10.6 Å². The van der Waals surface area contributed by atoms with Gasteiger partial charge in [0.05, 0.1) is 17.6 Å². The van der Waals surface area contributed by atoms with Gasteiger partial charge < -0.3 is 10.1 Å². The minimum Gasteiger partial charge on any atom is -0.425 e. The number of hydrogen-bond donors (Lipinski definition) is 2. The number of amides is 1. The van der Waals surface area contributed by atoms with E-state index in [2.05, 4.69) is 25.3 Å². The minimum absolute atomic E-state index is 0.107. The number of anilines is 2. The van der Waals surface area contributed by atoms with E-state index in [9.17, 15) is 27.2 Å². The third-order valence-corrected chi connectivity index (χ3v) is 4.25. The molecule has 1 amide bonds. The first-order valence-electron chi connectivity index (χ1n) is 8.19. The Labute approximate surface area is 170 Å². The number of ether oxygens (including phenoxy) is 1. The van der Waals surface area contributed by atoms with Crippen molar-refractivity contribution in [3.05, 3.63) is 60.0 Å². The fourth-order valence-electron chi connectivity index (χ4n) is 2.20. The van der Waals surface area contributed by atoms with Crippen LogP contribution in [-0.2, 0) is 14.3 Å². The summed E-state index contributed by atoms with van der Waals surface area (Å²) >= 11 is 1.03. The number of alkyl halides is 3. The molecule has 1 unspecified atom stereocenters. The Morgan fingerprint density at radius 1 is 1.07 bits per heavy atom. The topological polar surface area (TPSA) is 93.2 Å². The molecule has 3 rings (SSSR count). The maximum atomic E-state index is 13.0. The van der Waals surface area contributed by atoms with E-state index in [0.29, 0.717) is 11.3 Å². The van der Waals surface area contributed by atoms with Crippen LogP contribution >= 0.6 is 11.3 Å². The van der Waals surface area contributed by atoms with E-state index in [0.717, 1.165) is 11.3 Å². The molecule has 0 spiro atoms. The van der Waals surface area contributed by atoms with Crippen LogP contribution in [0.25, 0.3) is 11.3 Å². The van der Waals surface area contributed by atoms with E-state index in [1.807, 2.05) is 0 Å². The van der Waals surface area contributed by atoms with Gasteiger partial charge in [0.15, 0.2) is 5.13 Å². The summed E-state index contributed by atoms with van der Waals surface area (Å²) in [5, 5.41) is 6.28. The lowest BCUT2D eigenvalue weighted by atomic mass is 10.1. The average molecular weight is 440 g/mol. The molecule has 0 saturated heterocycles. The Morgan fingerprint density at radius 2 is 1.80 bits per heavy atom. The number of carbonyl (C=O) groups is 2. The Kier molecular flexibility index (Phi) is 6.26. The van der Waals surface area contributed by atoms with Gasteiger partial charge in [0.25, 0.3) is 12.1 Å². The standard InChI is InChI=1S/C18H12F4N4O3S/c19-11-3-1-10(2-4-11)13-6-5-12(9-24-13)25-15(29-16(28)18(20,21)22)14(27)26-17-23-7-8-30-17/h1-9,15,25H,(H,23,26,27). The maximum absolute atomic E-state index is 13.0. The number of halogens is 4. The summed E-state index contributed by atoms with van der Waals surface area (Å²) in [5.74, 6) is -4.02. The van der Waals surface area contributed by atoms with Gasteiger partial charge in [-0.1, -0.05) is 0 Å². The molecule has 3 aromatic rings. The number of esters is 1. The molecule has 0 saturated carbocycles. The van der Waals surface area contributed by atoms with Crippen molar-refractivity contribution in [1.82, 2.24) is 9.97 Å². The fourth-order valence-corrected chi connectivity index (χ4v) is 2.73. The number of nitrogens with zero attached hydrogens (tertiary/aromatic N) is 2. The van der Waals surface area contributed by atoms with Gasteiger partial charge in [-0.3, -0.25) is 15.1 Å². The van der Waals surface area contributed by atoms with Crippen LogP contribution in [0.5, 0.6) is 0 Å². The first-order chi connectivity index (χ1) is 14.2. The summed E-state index contributed by atoms with van der Waals surface area (Å²) in [6.45, 7) is 0. The molecule has 1 aromatic carbocycles. The van der Waals surface area contributed by atoms with Crippen molar-refractivity contribution in [2.75, 3.05) is 10.6 Å². The number of aromatic nitrogens is 2. The summed E-state index contributed by atoms with van der Waals surface area (Å²) in [6, 6.07) is 8.41. The highest BCUT2D eigenvalue weighted by Gasteiger charge is 2.43. The summed E-state index contributed by atoms with van der Waals surface area (Å²) < 4.78 is 55.0. The molecule has 7 nitrogen and oxygen atoms in total. The van der Waals surface area contributed by atoms with Crippen LogP contribution in [0.2, 0.25) is 0 Å². The van der Waals surface area contributed by atoms with Crippen LogP contribution in [0.3, 0.4) is 0 Å².